The van der Waals surface area contributed by atoms with Gasteiger partial charge in [0.2, 0.25) is 15.9 Å². The van der Waals surface area contributed by atoms with Crippen molar-refractivity contribution in [3.8, 4) is 0 Å². The van der Waals surface area contributed by atoms with Gasteiger partial charge in [-0.25, -0.2) is 13.1 Å². The van der Waals surface area contributed by atoms with E-state index >= 15 is 0 Å². The molecule has 0 radical (unpaired) electrons. The number of amides is 1. The molecule has 1 unspecified atom stereocenters. The van der Waals surface area contributed by atoms with Crippen LogP contribution in [0.1, 0.15) is 71.9 Å². The minimum absolute atomic E-state index is 0.0547. The molecule has 0 spiro atoms. The summed E-state index contributed by atoms with van der Waals surface area (Å²) in [5.74, 6) is -0.0547. The minimum atomic E-state index is -3.34. The number of aryl methyl sites for hydroxylation is 2. The maximum absolute atomic E-state index is 12.4. The Bertz CT molecular complexity index is 909. The highest BCUT2D eigenvalue weighted by atomic mass is 32.2. The highest BCUT2D eigenvalue weighted by Gasteiger charge is 2.31. The van der Waals surface area contributed by atoms with Gasteiger partial charge in [0, 0.05) is 30.9 Å². The summed E-state index contributed by atoms with van der Waals surface area (Å²) in [6.45, 7) is 16.7. The number of benzene rings is 1. The van der Waals surface area contributed by atoms with Crippen molar-refractivity contribution >= 4 is 27.3 Å². The third-order valence-corrected chi connectivity index (χ3v) is 8.32. The van der Waals surface area contributed by atoms with Crippen LogP contribution in [0.4, 0.5) is 11.4 Å². The third-order valence-electron chi connectivity index (χ3n) is 6.13. The number of unbranched alkanes of at least 4 members (excludes halogenated alkanes) is 1. The number of ether oxygens (including phenoxy) is 1. The molecule has 1 saturated heterocycles. The first-order valence-corrected chi connectivity index (χ1v) is 13.0. The SMILES string of the molecule is Cc1cc(N2C[C@H](C)O[C@H](C)C2C)c(C)cc1NC(=O)CCCCNS(=O)(=O)C(C)(C)C. The fourth-order valence-electron chi connectivity index (χ4n) is 3.83. The van der Waals surface area contributed by atoms with Crippen molar-refractivity contribution in [1.29, 1.82) is 0 Å². The Morgan fingerprint density at radius 3 is 2.41 bits per heavy atom. The fourth-order valence-corrected chi connectivity index (χ4v) is 4.67. The van der Waals surface area contributed by atoms with E-state index in [4.69, 9.17) is 4.74 Å². The smallest absolute Gasteiger partial charge is 0.224 e. The molecule has 1 aromatic carbocycles. The Labute approximate surface area is 194 Å². The zero-order valence-corrected chi connectivity index (χ0v) is 21.7. The summed E-state index contributed by atoms with van der Waals surface area (Å²) >= 11 is 0. The van der Waals surface area contributed by atoms with Gasteiger partial charge in [-0.2, -0.15) is 0 Å². The number of rotatable bonds is 8. The van der Waals surface area contributed by atoms with Crippen molar-refractivity contribution < 1.29 is 17.9 Å². The van der Waals surface area contributed by atoms with Gasteiger partial charge in [0.15, 0.2) is 0 Å². The van der Waals surface area contributed by atoms with Crippen molar-refractivity contribution in [3.05, 3.63) is 23.3 Å². The van der Waals surface area contributed by atoms with Gasteiger partial charge in [0.05, 0.1) is 23.0 Å². The van der Waals surface area contributed by atoms with Crippen LogP contribution in [-0.2, 0) is 19.6 Å². The van der Waals surface area contributed by atoms with Crippen LogP contribution >= 0.6 is 0 Å². The monoisotopic (exact) mass is 467 g/mol. The van der Waals surface area contributed by atoms with Gasteiger partial charge in [-0.1, -0.05) is 0 Å². The molecule has 0 aliphatic carbocycles. The fraction of sp³-hybridized carbons (Fsp3) is 0.708. The van der Waals surface area contributed by atoms with E-state index < -0.39 is 14.8 Å². The lowest BCUT2D eigenvalue weighted by atomic mass is 10.0. The molecule has 0 aromatic heterocycles. The highest BCUT2D eigenvalue weighted by molar-refractivity contribution is 7.90. The quantitative estimate of drug-likeness (QED) is 0.561. The minimum Gasteiger partial charge on any atom is -0.372 e. The molecule has 7 nitrogen and oxygen atoms in total. The van der Waals surface area contributed by atoms with E-state index in [1.807, 2.05) is 13.0 Å². The molecule has 2 rings (SSSR count). The van der Waals surface area contributed by atoms with Gasteiger partial charge in [0.25, 0.3) is 0 Å². The molecule has 32 heavy (non-hydrogen) atoms. The van der Waals surface area contributed by atoms with Crippen LogP contribution in [0.15, 0.2) is 12.1 Å². The number of nitrogens with zero attached hydrogens (tertiary/aromatic N) is 1. The normalized spacial score (nSPS) is 22.1. The predicted molar refractivity (Wildman–Crippen MR) is 132 cm³/mol. The Kier molecular flexibility index (Phi) is 8.76. The first-order chi connectivity index (χ1) is 14.7. The maximum atomic E-state index is 12.4. The van der Waals surface area contributed by atoms with E-state index in [0.29, 0.717) is 25.8 Å². The largest absolute Gasteiger partial charge is 0.372 e. The standard InChI is InChI=1S/C24H41N3O4S/c1-16-14-22(27-15-18(3)31-20(5)19(27)4)17(2)13-21(16)26-23(28)11-9-10-12-25-32(29,30)24(6,7)8/h13-14,18-20,25H,9-12,15H2,1-8H3,(H,26,28)/t18-,19?,20+/m0/s1. The van der Waals surface area contributed by atoms with E-state index in [0.717, 1.165) is 23.4 Å². The van der Waals surface area contributed by atoms with E-state index in [-0.39, 0.29) is 24.2 Å². The number of nitrogens with one attached hydrogen (secondary N) is 2. The van der Waals surface area contributed by atoms with Crippen LogP contribution in [0.25, 0.3) is 0 Å². The summed E-state index contributed by atoms with van der Waals surface area (Å²) in [5.41, 5.74) is 4.15. The third kappa shape index (κ3) is 6.68. The molecule has 2 N–H and O–H groups in total. The van der Waals surface area contributed by atoms with Crippen molar-refractivity contribution in [3.63, 3.8) is 0 Å². The number of carbonyl (C=O) groups excluding carboxylic acids is 1. The van der Waals surface area contributed by atoms with Crippen LogP contribution in [-0.4, -0.2) is 50.4 Å². The van der Waals surface area contributed by atoms with Gasteiger partial charge in [-0.05, 0) is 91.5 Å². The number of hydrogen-bond donors (Lipinski definition) is 2. The van der Waals surface area contributed by atoms with Crippen LogP contribution in [0, 0.1) is 13.8 Å². The van der Waals surface area contributed by atoms with Gasteiger partial charge >= 0.3 is 0 Å². The number of hydrogen-bond acceptors (Lipinski definition) is 5. The van der Waals surface area contributed by atoms with E-state index in [1.54, 1.807) is 20.8 Å². The van der Waals surface area contributed by atoms with Gasteiger partial charge in [-0.15, -0.1) is 0 Å². The average Bonchev–Trinajstić information content (AvgIpc) is 2.66. The summed E-state index contributed by atoms with van der Waals surface area (Å²) in [6, 6.07) is 4.46. The molecule has 0 saturated carbocycles. The van der Waals surface area contributed by atoms with Crippen LogP contribution in [0.3, 0.4) is 0 Å². The van der Waals surface area contributed by atoms with E-state index in [2.05, 4.69) is 48.7 Å². The van der Waals surface area contributed by atoms with Crippen LogP contribution in [0.2, 0.25) is 0 Å². The Balaban J connectivity index is 1.92. The summed E-state index contributed by atoms with van der Waals surface area (Å²) in [7, 11) is -3.34. The van der Waals surface area contributed by atoms with Crippen LogP contribution in [0.5, 0.6) is 0 Å². The predicted octanol–water partition coefficient (Wildman–Crippen LogP) is 4.13. The Morgan fingerprint density at radius 1 is 1.12 bits per heavy atom. The summed E-state index contributed by atoms with van der Waals surface area (Å²) in [4.78, 5) is 14.8. The molecule has 1 aliphatic rings. The summed E-state index contributed by atoms with van der Waals surface area (Å²) in [5, 5.41) is 3.02. The zero-order valence-electron chi connectivity index (χ0n) is 20.9. The second-order valence-electron chi connectivity index (χ2n) is 10.0. The second kappa shape index (κ2) is 10.5. The molecule has 1 amide bonds. The van der Waals surface area contributed by atoms with E-state index in [1.165, 1.54) is 5.69 Å². The van der Waals surface area contributed by atoms with Gasteiger partial charge in [0.1, 0.15) is 0 Å². The van der Waals surface area contributed by atoms with Crippen molar-refractivity contribution in [1.82, 2.24) is 4.72 Å². The molecular weight excluding hydrogens is 426 g/mol. The second-order valence-corrected chi connectivity index (χ2v) is 12.5. The molecule has 8 heteroatoms. The number of sulfonamides is 1. The van der Waals surface area contributed by atoms with E-state index in [9.17, 15) is 13.2 Å². The van der Waals surface area contributed by atoms with Gasteiger partial charge < -0.3 is 15.0 Å². The van der Waals surface area contributed by atoms with Gasteiger partial charge in [-0.3, -0.25) is 4.79 Å². The maximum Gasteiger partial charge on any atom is 0.224 e. The first-order valence-electron chi connectivity index (χ1n) is 11.6. The summed E-state index contributed by atoms with van der Waals surface area (Å²) < 4.78 is 31.8. The average molecular weight is 468 g/mol. The zero-order chi connectivity index (χ0) is 24.3. The Morgan fingerprint density at radius 2 is 1.78 bits per heavy atom. The first kappa shape index (κ1) is 26.6. The molecule has 1 aromatic rings. The Hall–Kier alpha value is -1.64. The van der Waals surface area contributed by atoms with Crippen molar-refractivity contribution in [2.45, 2.75) is 97.6 Å². The topological polar surface area (TPSA) is 87.7 Å². The molecular formula is C24H41N3O4S. The van der Waals surface area contributed by atoms with Crippen molar-refractivity contribution in [2.75, 3.05) is 23.3 Å². The summed E-state index contributed by atoms with van der Waals surface area (Å²) in [6.07, 6.45) is 1.92. The van der Waals surface area contributed by atoms with Crippen molar-refractivity contribution in [2.24, 2.45) is 0 Å². The lowest BCUT2D eigenvalue weighted by molar-refractivity contribution is -0.116. The van der Waals surface area contributed by atoms with Crippen LogP contribution < -0.4 is 14.9 Å². The molecule has 1 fully saturated rings. The molecule has 1 aliphatic heterocycles. The molecule has 182 valence electrons. The number of carbonyl (C=O) groups is 1. The molecule has 0 bridgehead atoms. The highest BCUT2D eigenvalue weighted by Crippen LogP contribution is 2.32. The molecule has 3 atom stereocenters. The molecule has 1 heterocycles. The number of anilines is 2. The number of morpholine rings is 1. The lowest BCUT2D eigenvalue weighted by Crippen LogP contribution is -2.52. The lowest BCUT2D eigenvalue weighted by Gasteiger charge is -2.43.